The molecule has 0 aromatic heterocycles. The van der Waals surface area contributed by atoms with E-state index >= 15 is 0 Å². The molecule has 0 aliphatic heterocycles. The molecule has 1 aromatic carbocycles. The number of carbonyl (C=O) groups is 1. The maximum atomic E-state index is 12.1. The lowest BCUT2D eigenvalue weighted by Gasteiger charge is -2.25. The number of ether oxygens (including phenoxy) is 1. The number of methoxy groups -OCH3 is 1. The van der Waals surface area contributed by atoms with E-state index in [9.17, 15) is 4.79 Å². The van der Waals surface area contributed by atoms with Gasteiger partial charge in [0.15, 0.2) is 0 Å². The van der Waals surface area contributed by atoms with Gasteiger partial charge < -0.3 is 15.2 Å². The maximum absolute atomic E-state index is 12.1. The summed E-state index contributed by atoms with van der Waals surface area (Å²) in [7, 11) is 3.43. The van der Waals surface area contributed by atoms with Crippen molar-refractivity contribution >= 4 is 11.6 Å². The standard InChI is InChI=1S/C14H22N2O3/c1-4-13(16(2)9-10-17)14(18)15-11-5-7-12(19-3)8-6-11/h5-8,13,17H,4,9-10H2,1-3H3,(H,15,18). The number of hydrogen-bond acceptors (Lipinski definition) is 4. The summed E-state index contributed by atoms with van der Waals surface area (Å²) in [4.78, 5) is 14.0. The van der Waals surface area contributed by atoms with Crippen LogP contribution in [0.25, 0.3) is 0 Å². The first-order valence-electron chi connectivity index (χ1n) is 6.38. The fourth-order valence-corrected chi connectivity index (χ4v) is 1.91. The highest BCUT2D eigenvalue weighted by Crippen LogP contribution is 2.16. The van der Waals surface area contributed by atoms with E-state index in [-0.39, 0.29) is 18.6 Å². The molecule has 0 saturated carbocycles. The molecule has 5 heteroatoms. The molecule has 0 heterocycles. The van der Waals surface area contributed by atoms with E-state index in [2.05, 4.69) is 5.32 Å². The summed E-state index contributed by atoms with van der Waals surface area (Å²) in [5.74, 6) is 0.686. The Balaban J connectivity index is 2.65. The lowest BCUT2D eigenvalue weighted by Crippen LogP contribution is -2.42. The third-order valence-electron chi connectivity index (χ3n) is 3.03. The number of aliphatic hydroxyl groups is 1. The zero-order valence-corrected chi connectivity index (χ0v) is 11.7. The second-order valence-corrected chi connectivity index (χ2v) is 4.35. The molecule has 0 fully saturated rings. The number of hydrogen-bond donors (Lipinski definition) is 2. The second kappa shape index (κ2) is 7.76. The Labute approximate surface area is 114 Å². The van der Waals surface area contributed by atoms with Crippen LogP contribution in [0, 0.1) is 0 Å². The molecule has 1 rings (SSSR count). The lowest BCUT2D eigenvalue weighted by atomic mass is 10.1. The lowest BCUT2D eigenvalue weighted by molar-refractivity contribution is -0.121. The summed E-state index contributed by atoms with van der Waals surface area (Å²) in [6, 6.07) is 6.96. The summed E-state index contributed by atoms with van der Waals surface area (Å²) >= 11 is 0. The summed E-state index contributed by atoms with van der Waals surface area (Å²) in [6.07, 6.45) is 0.693. The van der Waals surface area contributed by atoms with Crippen LogP contribution < -0.4 is 10.1 Å². The minimum Gasteiger partial charge on any atom is -0.497 e. The van der Waals surface area contributed by atoms with Gasteiger partial charge in [0.25, 0.3) is 0 Å². The Morgan fingerprint density at radius 2 is 2.05 bits per heavy atom. The van der Waals surface area contributed by atoms with Gasteiger partial charge in [-0.3, -0.25) is 9.69 Å². The van der Waals surface area contributed by atoms with Crippen molar-refractivity contribution in [2.45, 2.75) is 19.4 Å². The van der Waals surface area contributed by atoms with E-state index in [4.69, 9.17) is 9.84 Å². The second-order valence-electron chi connectivity index (χ2n) is 4.35. The first kappa shape index (κ1) is 15.5. The van der Waals surface area contributed by atoms with Crippen LogP contribution in [-0.4, -0.2) is 49.3 Å². The fourth-order valence-electron chi connectivity index (χ4n) is 1.91. The fraction of sp³-hybridized carbons (Fsp3) is 0.500. The van der Waals surface area contributed by atoms with Gasteiger partial charge in [-0.1, -0.05) is 6.92 Å². The van der Waals surface area contributed by atoms with Crippen LogP contribution in [0.4, 0.5) is 5.69 Å². The van der Waals surface area contributed by atoms with Crippen molar-refractivity contribution < 1.29 is 14.6 Å². The number of aliphatic hydroxyl groups excluding tert-OH is 1. The third kappa shape index (κ3) is 4.54. The van der Waals surface area contributed by atoms with Crippen LogP contribution in [0.1, 0.15) is 13.3 Å². The third-order valence-corrected chi connectivity index (χ3v) is 3.03. The van der Waals surface area contributed by atoms with Crippen molar-refractivity contribution in [3.63, 3.8) is 0 Å². The minimum absolute atomic E-state index is 0.0445. The molecule has 1 atom stereocenters. The smallest absolute Gasteiger partial charge is 0.241 e. The molecule has 0 radical (unpaired) electrons. The van der Waals surface area contributed by atoms with Crippen LogP contribution in [-0.2, 0) is 4.79 Å². The highest BCUT2D eigenvalue weighted by atomic mass is 16.5. The van der Waals surface area contributed by atoms with E-state index in [0.29, 0.717) is 13.0 Å². The molecule has 19 heavy (non-hydrogen) atoms. The number of benzene rings is 1. The number of likely N-dealkylation sites (N-methyl/N-ethyl adjacent to an activating group) is 1. The van der Waals surface area contributed by atoms with Crippen molar-refractivity contribution in [1.29, 1.82) is 0 Å². The van der Waals surface area contributed by atoms with Crippen molar-refractivity contribution in [2.75, 3.05) is 32.6 Å². The molecule has 1 unspecified atom stereocenters. The van der Waals surface area contributed by atoms with Gasteiger partial charge in [-0.25, -0.2) is 0 Å². The Hall–Kier alpha value is -1.59. The molecule has 0 aliphatic carbocycles. The first-order valence-corrected chi connectivity index (χ1v) is 6.38. The van der Waals surface area contributed by atoms with E-state index in [1.54, 1.807) is 31.4 Å². The van der Waals surface area contributed by atoms with E-state index < -0.39 is 0 Å². The van der Waals surface area contributed by atoms with Crippen molar-refractivity contribution in [3.05, 3.63) is 24.3 Å². The van der Waals surface area contributed by atoms with Gasteiger partial charge >= 0.3 is 0 Å². The summed E-state index contributed by atoms with van der Waals surface area (Å²) in [5.41, 5.74) is 0.738. The average Bonchev–Trinajstić information content (AvgIpc) is 2.40. The van der Waals surface area contributed by atoms with Gasteiger partial charge in [-0.15, -0.1) is 0 Å². The average molecular weight is 266 g/mol. The highest BCUT2D eigenvalue weighted by Gasteiger charge is 2.20. The predicted octanol–water partition coefficient (Wildman–Crippen LogP) is 1.34. The Morgan fingerprint density at radius 3 is 2.53 bits per heavy atom. The number of anilines is 1. The van der Waals surface area contributed by atoms with E-state index in [1.165, 1.54) is 0 Å². The Bertz CT molecular complexity index is 392. The normalized spacial score (nSPS) is 12.3. The molecule has 0 spiro atoms. The van der Waals surface area contributed by atoms with E-state index in [0.717, 1.165) is 11.4 Å². The summed E-state index contributed by atoms with van der Waals surface area (Å²) in [5, 5.41) is 11.8. The topological polar surface area (TPSA) is 61.8 Å². The first-order chi connectivity index (χ1) is 9.12. The number of amides is 1. The Morgan fingerprint density at radius 1 is 1.42 bits per heavy atom. The molecular formula is C14H22N2O3. The van der Waals surface area contributed by atoms with Crippen LogP contribution >= 0.6 is 0 Å². The molecule has 0 saturated heterocycles. The summed E-state index contributed by atoms with van der Waals surface area (Å²) < 4.78 is 5.06. The predicted molar refractivity (Wildman–Crippen MR) is 75.4 cm³/mol. The van der Waals surface area contributed by atoms with Crippen molar-refractivity contribution in [1.82, 2.24) is 4.90 Å². The molecule has 0 aliphatic rings. The van der Waals surface area contributed by atoms with Crippen molar-refractivity contribution in [2.24, 2.45) is 0 Å². The highest BCUT2D eigenvalue weighted by molar-refractivity contribution is 5.94. The van der Waals surface area contributed by atoms with Crippen LogP contribution in [0.15, 0.2) is 24.3 Å². The largest absolute Gasteiger partial charge is 0.497 e. The monoisotopic (exact) mass is 266 g/mol. The quantitative estimate of drug-likeness (QED) is 0.781. The number of rotatable bonds is 7. The molecule has 0 bridgehead atoms. The van der Waals surface area contributed by atoms with Gasteiger partial charge in [0, 0.05) is 12.2 Å². The molecule has 2 N–H and O–H groups in total. The van der Waals surface area contributed by atoms with Gasteiger partial charge in [0.2, 0.25) is 5.91 Å². The van der Waals surface area contributed by atoms with Gasteiger partial charge in [-0.05, 0) is 37.7 Å². The minimum atomic E-state index is -0.241. The molecule has 106 valence electrons. The molecular weight excluding hydrogens is 244 g/mol. The SMILES string of the molecule is CCC(C(=O)Nc1ccc(OC)cc1)N(C)CCO. The van der Waals surface area contributed by atoms with Crippen LogP contribution in [0.2, 0.25) is 0 Å². The molecule has 5 nitrogen and oxygen atoms in total. The molecule has 1 aromatic rings. The number of nitrogens with one attached hydrogen (secondary N) is 1. The van der Waals surface area contributed by atoms with Crippen LogP contribution in [0.5, 0.6) is 5.75 Å². The van der Waals surface area contributed by atoms with Gasteiger partial charge in [0.1, 0.15) is 5.75 Å². The van der Waals surface area contributed by atoms with Crippen molar-refractivity contribution in [3.8, 4) is 5.75 Å². The van der Waals surface area contributed by atoms with Gasteiger partial charge in [0.05, 0.1) is 19.8 Å². The zero-order valence-electron chi connectivity index (χ0n) is 11.7. The number of carbonyl (C=O) groups excluding carboxylic acids is 1. The Kier molecular flexibility index (Phi) is 6.32. The number of nitrogens with zero attached hydrogens (tertiary/aromatic N) is 1. The maximum Gasteiger partial charge on any atom is 0.241 e. The van der Waals surface area contributed by atoms with E-state index in [1.807, 2.05) is 18.9 Å². The zero-order chi connectivity index (χ0) is 14.3. The molecule has 1 amide bonds. The van der Waals surface area contributed by atoms with Gasteiger partial charge in [-0.2, -0.15) is 0 Å². The summed E-state index contributed by atoms with van der Waals surface area (Å²) in [6.45, 7) is 2.48. The van der Waals surface area contributed by atoms with Crippen LogP contribution in [0.3, 0.4) is 0 Å².